The van der Waals surface area contributed by atoms with E-state index in [1.807, 2.05) is 13.0 Å². The van der Waals surface area contributed by atoms with Gasteiger partial charge in [-0.25, -0.2) is 12.7 Å². The van der Waals surface area contributed by atoms with E-state index in [0.29, 0.717) is 19.0 Å². The molecule has 0 spiro atoms. The summed E-state index contributed by atoms with van der Waals surface area (Å²) >= 11 is 0. The maximum absolute atomic E-state index is 12.1. The van der Waals surface area contributed by atoms with E-state index >= 15 is 0 Å². The summed E-state index contributed by atoms with van der Waals surface area (Å²) in [7, 11) is -1.56. The highest BCUT2D eigenvalue weighted by Gasteiger charge is 2.22. The summed E-state index contributed by atoms with van der Waals surface area (Å²) in [5.41, 5.74) is 0.919. The molecule has 1 heterocycles. The molecular weight excluding hydrogens is 264 g/mol. The van der Waals surface area contributed by atoms with Crippen molar-refractivity contribution in [1.82, 2.24) is 9.62 Å². The molecule has 0 amide bonds. The molecule has 5 nitrogen and oxygen atoms in total. The number of hydrogen-bond acceptors (Lipinski definition) is 4. The lowest BCUT2D eigenvalue weighted by Crippen LogP contribution is -2.30. The van der Waals surface area contributed by atoms with Crippen molar-refractivity contribution in [1.29, 1.82) is 0 Å². The van der Waals surface area contributed by atoms with Crippen LogP contribution < -0.4 is 5.32 Å². The molecule has 1 aromatic heterocycles. The van der Waals surface area contributed by atoms with Crippen LogP contribution >= 0.6 is 0 Å². The van der Waals surface area contributed by atoms with Gasteiger partial charge in [-0.05, 0) is 38.8 Å². The largest absolute Gasteiger partial charge is 0.469 e. The molecule has 0 aromatic carbocycles. The highest BCUT2D eigenvalue weighted by Crippen LogP contribution is 2.18. The van der Waals surface area contributed by atoms with Gasteiger partial charge in [0.15, 0.2) is 0 Å². The summed E-state index contributed by atoms with van der Waals surface area (Å²) < 4.78 is 30.8. The Morgan fingerprint density at radius 3 is 2.79 bits per heavy atom. The van der Waals surface area contributed by atoms with Crippen LogP contribution in [-0.2, 0) is 16.6 Å². The van der Waals surface area contributed by atoms with Gasteiger partial charge in [0.05, 0.1) is 12.0 Å². The van der Waals surface area contributed by atoms with Crippen LogP contribution in [0.5, 0.6) is 0 Å². The molecular formula is C13H22N2O3S. The SMILES string of the molecule is Cc1occc1CN(C)S(=O)(=O)CCCNC1CC1. The zero-order valence-electron chi connectivity index (χ0n) is 11.6. The maximum atomic E-state index is 12.1. The predicted octanol–water partition coefficient (Wildman–Crippen LogP) is 1.49. The lowest BCUT2D eigenvalue weighted by Gasteiger charge is -2.16. The molecule has 1 aliphatic rings. The van der Waals surface area contributed by atoms with Gasteiger partial charge in [-0.3, -0.25) is 0 Å². The first-order valence-electron chi connectivity index (χ1n) is 6.69. The van der Waals surface area contributed by atoms with Crippen molar-refractivity contribution < 1.29 is 12.8 Å². The fourth-order valence-corrected chi connectivity index (χ4v) is 3.07. The zero-order chi connectivity index (χ0) is 13.9. The Morgan fingerprint density at radius 1 is 1.47 bits per heavy atom. The minimum atomic E-state index is -3.18. The van der Waals surface area contributed by atoms with Crippen molar-refractivity contribution in [2.24, 2.45) is 0 Å². The van der Waals surface area contributed by atoms with Crippen LogP contribution in [0.25, 0.3) is 0 Å². The minimum absolute atomic E-state index is 0.195. The van der Waals surface area contributed by atoms with Crippen molar-refractivity contribution in [3.05, 3.63) is 23.7 Å². The van der Waals surface area contributed by atoms with E-state index in [1.165, 1.54) is 17.1 Å². The number of nitrogens with zero attached hydrogens (tertiary/aromatic N) is 1. The van der Waals surface area contributed by atoms with Crippen LogP contribution in [0.15, 0.2) is 16.7 Å². The first-order valence-corrected chi connectivity index (χ1v) is 8.30. The molecule has 0 aliphatic heterocycles. The predicted molar refractivity (Wildman–Crippen MR) is 74.3 cm³/mol. The van der Waals surface area contributed by atoms with Gasteiger partial charge in [-0.1, -0.05) is 0 Å². The molecule has 0 unspecified atom stereocenters. The Morgan fingerprint density at radius 2 is 2.21 bits per heavy atom. The monoisotopic (exact) mass is 286 g/mol. The van der Waals surface area contributed by atoms with Crippen molar-refractivity contribution >= 4 is 10.0 Å². The molecule has 1 fully saturated rings. The molecule has 108 valence electrons. The normalized spacial score (nSPS) is 16.2. The second-order valence-electron chi connectivity index (χ2n) is 5.16. The van der Waals surface area contributed by atoms with Gasteiger partial charge in [-0.15, -0.1) is 0 Å². The van der Waals surface area contributed by atoms with Crippen molar-refractivity contribution in [3.8, 4) is 0 Å². The molecule has 1 N–H and O–H groups in total. The molecule has 2 rings (SSSR count). The summed E-state index contributed by atoms with van der Waals surface area (Å²) in [6, 6.07) is 2.45. The number of nitrogens with one attached hydrogen (secondary N) is 1. The van der Waals surface area contributed by atoms with Crippen LogP contribution in [0, 0.1) is 6.92 Å². The fourth-order valence-electron chi connectivity index (χ4n) is 1.92. The zero-order valence-corrected chi connectivity index (χ0v) is 12.4. The lowest BCUT2D eigenvalue weighted by molar-refractivity contribution is 0.457. The average molecular weight is 286 g/mol. The van der Waals surface area contributed by atoms with Crippen LogP contribution in [0.1, 0.15) is 30.6 Å². The highest BCUT2D eigenvalue weighted by atomic mass is 32.2. The van der Waals surface area contributed by atoms with Gasteiger partial charge in [0, 0.05) is 25.2 Å². The number of rotatable bonds is 8. The number of aryl methyl sites for hydroxylation is 1. The van der Waals surface area contributed by atoms with Gasteiger partial charge in [0.2, 0.25) is 10.0 Å². The minimum Gasteiger partial charge on any atom is -0.469 e. The molecule has 1 saturated carbocycles. The van der Waals surface area contributed by atoms with Crippen LogP contribution in [0.4, 0.5) is 0 Å². The Balaban J connectivity index is 1.78. The summed E-state index contributed by atoms with van der Waals surface area (Å²) in [5.74, 6) is 0.970. The molecule has 0 saturated heterocycles. The summed E-state index contributed by atoms with van der Waals surface area (Å²) in [4.78, 5) is 0. The topological polar surface area (TPSA) is 62.6 Å². The van der Waals surface area contributed by atoms with E-state index in [2.05, 4.69) is 5.32 Å². The van der Waals surface area contributed by atoms with Gasteiger partial charge < -0.3 is 9.73 Å². The molecule has 0 atom stereocenters. The third kappa shape index (κ3) is 4.33. The molecule has 0 radical (unpaired) electrons. The second-order valence-corrected chi connectivity index (χ2v) is 7.35. The van der Waals surface area contributed by atoms with E-state index in [-0.39, 0.29) is 5.75 Å². The van der Waals surface area contributed by atoms with E-state index in [1.54, 1.807) is 13.3 Å². The Labute approximate surface area is 115 Å². The van der Waals surface area contributed by atoms with Gasteiger partial charge in [0.1, 0.15) is 5.76 Å². The van der Waals surface area contributed by atoms with Crippen LogP contribution in [0.2, 0.25) is 0 Å². The van der Waals surface area contributed by atoms with E-state index in [0.717, 1.165) is 17.9 Å². The molecule has 1 aliphatic carbocycles. The number of sulfonamides is 1. The van der Waals surface area contributed by atoms with Crippen LogP contribution in [-0.4, -0.2) is 38.1 Å². The Kier molecular flexibility index (Phi) is 4.65. The molecule has 1 aromatic rings. The van der Waals surface area contributed by atoms with E-state index < -0.39 is 10.0 Å². The van der Waals surface area contributed by atoms with E-state index in [9.17, 15) is 8.42 Å². The van der Waals surface area contributed by atoms with Crippen molar-refractivity contribution in [2.45, 2.75) is 38.8 Å². The quantitative estimate of drug-likeness (QED) is 0.736. The van der Waals surface area contributed by atoms with Crippen LogP contribution in [0.3, 0.4) is 0 Å². The van der Waals surface area contributed by atoms with Gasteiger partial charge in [0.25, 0.3) is 0 Å². The third-order valence-corrected chi connectivity index (χ3v) is 5.31. The molecule has 19 heavy (non-hydrogen) atoms. The summed E-state index contributed by atoms with van der Waals surface area (Å²) in [6.07, 6.45) is 4.71. The Hall–Kier alpha value is -0.850. The Bertz CT molecular complexity index is 506. The van der Waals surface area contributed by atoms with E-state index in [4.69, 9.17) is 4.42 Å². The number of hydrogen-bond donors (Lipinski definition) is 1. The first kappa shape index (κ1) is 14.6. The number of furan rings is 1. The molecule has 6 heteroatoms. The lowest BCUT2D eigenvalue weighted by atomic mass is 10.3. The third-order valence-electron chi connectivity index (χ3n) is 3.42. The summed E-state index contributed by atoms with van der Waals surface area (Å²) in [6.45, 7) is 3.00. The maximum Gasteiger partial charge on any atom is 0.214 e. The second kappa shape index (κ2) is 6.07. The first-order chi connectivity index (χ1) is 8.99. The van der Waals surface area contributed by atoms with Gasteiger partial charge >= 0.3 is 0 Å². The highest BCUT2D eigenvalue weighted by molar-refractivity contribution is 7.89. The fraction of sp³-hybridized carbons (Fsp3) is 0.692. The molecule has 0 bridgehead atoms. The van der Waals surface area contributed by atoms with Crippen molar-refractivity contribution in [3.63, 3.8) is 0 Å². The standard InChI is InChI=1S/C13H22N2O3S/c1-11-12(6-8-18-11)10-15(2)19(16,17)9-3-7-14-13-4-5-13/h6,8,13-14H,3-5,7,9-10H2,1-2H3. The van der Waals surface area contributed by atoms with Crippen molar-refractivity contribution in [2.75, 3.05) is 19.3 Å². The average Bonchev–Trinajstić information content (AvgIpc) is 3.10. The van der Waals surface area contributed by atoms with Gasteiger partial charge in [-0.2, -0.15) is 0 Å². The summed E-state index contributed by atoms with van der Waals surface area (Å²) in [5, 5.41) is 3.32. The smallest absolute Gasteiger partial charge is 0.214 e.